The predicted molar refractivity (Wildman–Crippen MR) is 77.1 cm³/mol. The van der Waals surface area contributed by atoms with E-state index >= 15 is 0 Å². The zero-order valence-electron chi connectivity index (χ0n) is 11.7. The first kappa shape index (κ1) is 13.8. The maximum absolute atomic E-state index is 9.14. The number of aromatic nitrogens is 1. The van der Waals surface area contributed by atoms with Crippen LogP contribution in [0.3, 0.4) is 0 Å². The summed E-state index contributed by atoms with van der Waals surface area (Å²) in [6.45, 7) is 6.23. The summed E-state index contributed by atoms with van der Waals surface area (Å²) >= 11 is 0. The fourth-order valence-electron chi connectivity index (χ4n) is 2.53. The normalized spacial score (nSPS) is 16.6. The Morgan fingerprint density at radius 3 is 2.74 bits per heavy atom. The van der Waals surface area contributed by atoms with Crippen molar-refractivity contribution in [3.05, 3.63) is 23.4 Å². The molecule has 1 aliphatic rings. The summed E-state index contributed by atoms with van der Waals surface area (Å²) in [6, 6.07) is 4.10. The highest BCUT2D eigenvalue weighted by Gasteiger charge is 2.09. The van der Waals surface area contributed by atoms with Gasteiger partial charge in [0.1, 0.15) is 11.9 Å². The van der Waals surface area contributed by atoms with Crippen molar-refractivity contribution in [2.24, 2.45) is 0 Å². The quantitative estimate of drug-likeness (QED) is 0.901. The molecule has 1 fully saturated rings. The molecule has 1 saturated heterocycles. The molecular formula is C15H22N4. The average molecular weight is 258 g/mol. The third-order valence-corrected chi connectivity index (χ3v) is 3.69. The topological polar surface area (TPSA) is 52.0 Å². The molecule has 0 atom stereocenters. The second-order valence-corrected chi connectivity index (χ2v) is 5.15. The molecule has 19 heavy (non-hydrogen) atoms. The molecule has 0 spiro atoms. The van der Waals surface area contributed by atoms with Gasteiger partial charge in [-0.05, 0) is 44.5 Å². The lowest BCUT2D eigenvalue weighted by Crippen LogP contribution is -2.30. The lowest BCUT2D eigenvalue weighted by Gasteiger charge is -2.20. The Balaban J connectivity index is 1.85. The number of nitrogens with zero attached hydrogens (tertiary/aromatic N) is 3. The number of pyridine rings is 1. The van der Waals surface area contributed by atoms with Gasteiger partial charge in [0.15, 0.2) is 0 Å². The Morgan fingerprint density at radius 1 is 1.32 bits per heavy atom. The summed E-state index contributed by atoms with van der Waals surface area (Å²) < 4.78 is 0. The van der Waals surface area contributed by atoms with Crippen molar-refractivity contribution in [2.45, 2.75) is 32.6 Å². The van der Waals surface area contributed by atoms with Crippen molar-refractivity contribution in [1.82, 2.24) is 9.88 Å². The minimum atomic E-state index is 0.665. The third kappa shape index (κ3) is 3.93. The molecule has 0 amide bonds. The van der Waals surface area contributed by atoms with Crippen molar-refractivity contribution < 1.29 is 0 Å². The minimum absolute atomic E-state index is 0.665. The van der Waals surface area contributed by atoms with E-state index in [1.165, 1.54) is 38.8 Å². The molecular weight excluding hydrogens is 236 g/mol. The number of anilines is 1. The van der Waals surface area contributed by atoms with Gasteiger partial charge >= 0.3 is 0 Å². The fraction of sp³-hybridized carbons (Fsp3) is 0.600. The first-order valence-electron chi connectivity index (χ1n) is 7.13. The van der Waals surface area contributed by atoms with Crippen molar-refractivity contribution in [1.29, 1.82) is 5.26 Å². The monoisotopic (exact) mass is 258 g/mol. The van der Waals surface area contributed by atoms with Gasteiger partial charge in [0.05, 0.1) is 5.56 Å². The van der Waals surface area contributed by atoms with E-state index in [-0.39, 0.29) is 0 Å². The summed E-state index contributed by atoms with van der Waals surface area (Å²) in [5.74, 6) is 0.720. The van der Waals surface area contributed by atoms with Crippen molar-refractivity contribution in [2.75, 3.05) is 31.5 Å². The van der Waals surface area contributed by atoms with Crippen molar-refractivity contribution >= 4 is 5.82 Å². The van der Waals surface area contributed by atoms with Gasteiger partial charge < -0.3 is 10.2 Å². The molecule has 0 bridgehead atoms. The molecule has 4 nitrogen and oxygen atoms in total. The van der Waals surface area contributed by atoms with Crippen LogP contribution < -0.4 is 5.32 Å². The van der Waals surface area contributed by atoms with Crippen LogP contribution in [0.4, 0.5) is 5.82 Å². The molecule has 1 aliphatic heterocycles. The van der Waals surface area contributed by atoms with E-state index in [4.69, 9.17) is 5.26 Å². The summed E-state index contributed by atoms with van der Waals surface area (Å²) in [7, 11) is 0. The molecule has 0 saturated carbocycles. The van der Waals surface area contributed by atoms with E-state index in [1.54, 1.807) is 6.20 Å². The average Bonchev–Trinajstić information content (AvgIpc) is 2.68. The minimum Gasteiger partial charge on any atom is -0.368 e. The molecule has 0 aromatic carbocycles. The Kier molecular flexibility index (Phi) is 5.17. The molecule has 1 aromatic heterocycles. The number of rotatable bonds is 4. The Bertz CT molecular complexity index is 442. The van der Waals surface area contributed by atoms with Crippen LogP contribution in [0.1, 0.15) is 36.8 Å². The molecule has 0 aliphatic carbocycles. The van der Waals surface area contributed by atoms with Crippen LogP contribution in [0.15, 0.2) is 12.3 Å². The standard InChI is InChI=1S/C15H22N4/c1-13-6-7-17-15(14(13)12-16)18-8-11-19-9-4-2-3-5-10-19/h6-7H,2-5,8-11H2,1H3,(H,17,18). The second kappa shape index (κ2) is 7.10. The van der Waals surface area contributed by atoms with E-state index < -0.39 is 0 Å². The molecule has 1 aromatic rings. The van der Waals surface area contributed by atoms with E-state index in [2.05, 4.69) is 21.3 Å². The zero-order valence-corrected chi connectivity index (χ0v) is 11.7. The number of nitrogens with one attached hydrogen (secondary N) is 1. The zero-order chi connectivity index (χ0) is 13.5. The van der Waals surface area contributed by atoms with Crippen LogP contribution >= 0.6 is 0 Å². The molecule has 2 rings (SSSR count). The first-order valence-corrected chi connectivity index (χ1v) is 7.13. The van der Waals surface area contributed by atoms with Gasteiger partial charge in [-0.25, -0.2) is 4.98 Å². The summed E-state index contributed by atoms with van der Waals surface area (Å²) in [5, 5.41) is 12.4. The smallest absolute Gasteiger partial charge is 0.144 e. The number of aryl methyl sites for hydroxylation is 1. The van der Waals surface area contributed by atoms with Crippen molar-refractivity contribution in [3.8, 4) is 6.07 Å². The van der Waals surface area contributed by atoms with Crippen LogP contribution in [0.2, 0.25) is 0 Å². The highest BCUT2D eigenvalue weighted by molar-refractivity contribution is 5.55. The molecule has 1 N–H and O–H groups in total. The molecule has 0 unspecified atom stereocenters. The highest BCUT2D eigenvalue weighted by atomic mass is 15.1. The highest BCUT2D eigenvalue weighted by Crippen LogP contribution is 2.15. The van der Waals surface area contributed by atoms with Gasteiger partial charge in [-0.3, -0.25) is 0 Å². The Hall–Kier alpha value is -1.60. The van der Waals surface area contributed by atoms with Gasteiger partial charge in [-0.15, -0.1) is 0 Å². The summed E-state index contributed by atoms with van der Waals surface area (Å²) in [4.78, 5) is 6.76. The van der Waals surface area contributed by atoms with Gasteiger partial charge in [0, 0.05) is 19.3 Å². The molecule has 4 heteroatoms. The lowest BCUT2D eigenvalue weighted by molar-refractivity contribution is 0.296. The van der Waals surface area contributed by atoms with Crippen molar-refractivity contribution in [3.63, 3.8) is 0 Å². The van der Waals surface area contributed by atoms with Gasteiger partial charge in [-0.2, -0.15) is 5.26 Å². The fourth-order valence-corrected chi connectivity index (χ4v) is 2.53. The Morgan fingerprint density at radius 2 is 2.05 bits per heavy atom. The third-order valence-electron chi connectivity index (χ3n) is 3.69. The molecule has 102 valence electrons. The molecule has 0 radical (unpaired) electrons. The number of hydrogen-bond donors (Lipinski definition) is 1. The molecule has 2 heterocycles. The van der Waals surface area contributed by atoms with E-state index in [0.29, 0.717) is 5.56 Å². The SMILES string of the molecule is Cc1ccnc(NCCN2CCCCCC2)c1C#N. The number of hydrogen-bond acceptors (Lipinski definition) is 4. The van der Waals surface area contributed by atoms with Crippen LogP contribution in [0, 0.1) is 18.3 Å². The largest absolute Gasteiger partial charge is 0.368 e. The van der Waals surface area contributed by atoms with Crippen LogP contribution in [-0.2, 0) is 0 Å². The maximum atomic E-state index is 9.14. The number of likely N-dealkylation sites (tertiary alicyclic amines) is 1. The van der Waals surface area contributed by atoms with E-state index in [0.717, 1.165) is 24.5 Å². The Labute approximate surface area is 115 Å². The summed E-state index contributed by atoms with van der Waals surface area (Å²) in [5.41, 5.74) is 1.65. The lowest BCUT2D eigenvalue weighted by atomic mass is 10.1. The van der Waals surface area contributed by atoms with E-state index in [1.807, 2.05) is 13.0 Å². The maximum Gasteiger partial charge on any atom is 0.144 e. The summed E-state index contributed by atoms with van der Waals surface area (Å²) in [6.07, 6.45) is 7.10. The van der Waals surface area contributed by atoms with Gasteiger partial charge in [0.2, 0.25) is 0 Å². The second-order valence-electron chi connectivity index (χ2n) is 5.15. The number of nitriles is 1. The predicted octanol–water partition coefficient (Wildman–Crippen LogP) is 2.55. The van der Waals surface area contributed by atoms with Crippen LogP contribution in [-0.4, -0.2) is 36.1 Å². The first-order chi connectivity index (χ1) is 9.31. The van der Waals surface area contributed by atoms with Crippen LogP contribution in [0.5, 0.6) is 0 Å². The van der Waals surface area contributed by atoms with Crippen LogP contribution in [0.25, 0.3) is 0 Å². The van der Waals surface area contributed by atoms with E-state index in [9.17, 15) is 0 Å². The van der Waals surface area contributed by atoms with Gasteiger partial charge in [0.25, 0.3) is 0 Å². The van der Waals surface area contributed by atoms with Gasteiger partial charge in [-0.1, -0.05) is 12.8 Å².